The summed E-state index contributed by atoms with van der Waals surface area (Å²) < 4.78 is 1.92. The number of rotatable bonds is 4. The maximum atomic E-state index is 12.5. The summed E-state index contributed by atoms with van der Waals surface area (Å²) in [5, 5.41) is 6.47. The van der Waals surface area contributed by atoms with Crippen LogP contribution in [-0.4, -0.2) is 36.6 Å². The van der Waals surface area contributed by atoms with Gasteiger partial charge >= 0.3 is 0 Å². The summed E-state index contributed by atoms with van der Waals surface area (Å²) in [6, 6.07) is 0.284. The smallest absolute Gasteiger partial charge is 0.274 e. The number of amides is 1. The second kappa shape index (κ2) is 4.42. The maximum Gasteiger partial charge on any atom is 0.274 e. The molecule has 0 saturated heterocycles. The zero-order valence-corrected chi connectivity index (χ0v) is 10.7. The maximum absolute atomic E-state index is 12.5. The van der Waals surface area contributed by atoms with Crippen LogP contribution in [0.3, 0.4) is 0 Å². The molecule has 0 bridgehead atoms. The molecule has 0 radical (unpaired) electrons. The summed E-state index contributed by atoms with van der Waals surface area (Å²) in [5.74, 6) is 0.749. The number of hydrogen-bond donors (Lipinski definition) is 2. The third kappa shape index (κ3) is 2.18. The van der Waals surface area contributed by atoms with Gasteiger partial charge in [-0.05, 0) is 12.8 Å². The summed E-state index contributed by atoms with van der Waals surface area (Å²) in [7, 11) is 1.92. The fourth-order valence-electron chi connectivity index (χ4n) is 2.06. The zero-order valence-electron chi connectivity index (χ0n) is 10.7. The van der Waals surface area contributed by atoms with Gasteiger partial charge in [0.15, 0.2) is 0 Å². The van der Waals surface area contributed by atoms with Gasteiger partial charge in [-0.15, -0.1) is 0 Å². The van der Waals surface area contributed by atoms with E-state index >= 15 is 0 Å². The molecule has 2 heterocycles. The van der Waals surface area contributed by atoms with Crippen LogP contribution in [0.15, 0.2) is 18.6 Å². The van der Waals surface area contributed by atoms with Gasteiger partial charge in [0.05, 0.1) is 18.4 Å². The monoisotopic (exact) mass is 260 g/mol. The number of aromatic nitrogens is 4. The first-order valence-corrected chi connectivity index (χ1v) is 6.23. The number of nitrogen functional groups attached to an aromatic ring is 1. The van der Waals surface area contributed by atoms with Gasteiger partial charge in [0.25, 0.3) is 5.91 Å². The van der Waals surface area contributed by atoms with E-state index in [2.05, 4.69) is 15.2 Å². The summed E-state index contributed by atoms with van der Waals surface area (Å²) >= 11 is 0. The SMILES string of the molecule is Cn1ccnc1CN(C(=O)c1[nH]ncc1N)C1CC1. The number of hydrogen-bond acceptors (Lipinski definition) is 4. The third-order valence-electron chi connectivity index (χ3n) is 3.36. The number of imidazole rings is 1. The van der Waals surface area contributed by atoms with Crippen molar-refractivity contribution >= 4 is 11.6 Å². The molecule has 0 atom stereocenters. The molecule has 1 saturated carbocycles. The summed E-state index contributed by atoms with van der Waals surface area (Å²) in [5.41, 5.74) is 6.49. The van der Waals surface area contributed by atoms with Crippen LogP contribution in [0.1, 0.15) is 29.2 Å². The second-order valence-electron chi connectivity index (χ2n) is 4.82. The molecule has 0 spiro atoms. The first-order chi connectivity index (χ1) is 9.16. The van der Waals surface area contributed by atoms with Crippen LogP contribution in [0.5, 0.6) is 0 Å². The Morgan fingerprint density at radius 1 is 1.63 bits per heavy atom. The van der Waals surface area contributed by atoms with Gasteiger partial charge < -0.3 is 15.2 Å². The van der Waals surface area contributed by atoms with Crippen LogP contribution in [0.2, 0.25) is 0 Å². The van der Waals surface area contributed by atoms with Crippen molar-refractivity contribution in [1.82, 2.24) is 24.6 Å². The average molecular weight is 260 g/mol. The Labute approximate surface area is 110 Å². The topological polar surface area (TPSA) is 92.8 Å². The van der Waals surface area contributed by atoms with Gasteiger partial charge in [-0.2, -0.15) is 5.10 Å². The van der Waals surface area contributed by atoms with Crippen LogP contribution in [0.25, 0.3) is 0 Å². The molecular formula is C12H16N6O. The lowest BCUT2D eigenvalue weighted by molar-refractivity contribution is 0.0719. The van der Waals surface area contributed by atoms with Gasteiger partial charge in [-0.1, -0.05) is 0 Å². The number of nitrogens with zero attached hydrogens (tertiary/aromatic N) is 4. The number of nitrogens with two attached hydrogens (primary N) is 1. The first kappa shape index (κ1) is 11.8. The molecule has 100 valence electrons. The van der Waals surface area contributed by atoms with E-state index in [-0.39, 0.29) is 11.9 Å². The lowest BCUT2D eigenvalue weighted by atomic mass is 10.3. The Balaban J connectivity index is 1.84. The quantitative estimate of drug-likeness (QED) is 0.838. The second-order valence-corrected chi connectivity index (χ2v) is 4.82. The normalized spacial score (nSPS) is 14.6. The van der Waals surface area contributed by atoms with Crippen molar-refractivity contribution in [2.45, 2.75) is 25.4 Å². The van der Waals surface area contributed by atoms with E-state index in [1.165, 1.54) is 6.20 Å². The molecule has 0 aromatic carbocycles. The molecule has 3 N–H and O–H groups in total. The van der Waals surface area contributed by atoms with Crippen molar-refractivity contribution in [3.63, 3.8) is 0 Å². The van der Waals surface area contributed by atoms with Crippen molar-refractivity contribution in [3.05, 3.63) is 30.1 Å². The van der Waals surface area contributed by atoms with E-state index in [1.54, 1.807) is 6.20 Å². The summed E-state index contributed by atoms with van der Waals surface area (Å²) in [4.78, 5) is 18.6. The Kier molecular flexibility index (Phi) is 2.73. The summed E-state index contributed by atoms with van der Waals surface area (Å²) in [6.45, 7) is 0.492. The highest BCUT2D eigenvalue weighted by Crippen LogP contribution is 2.30. The van der Waals surface area contributed by atoms with E-state index in [0.717, 1.165) is 18.7 Å². The highest BCUT2D eigenvalue weighted by Gasteiger charge is 2.35. The molecule has 7 nitrogen and oxygen atoms in total. The molecule has 3 rings (SSSR count). The Morgan fingerprint density at radius 2 is 2.42 bits per heavy atom. The molecule has 0 unspecified atom stereocenters. The number of anilines is 1. The van der Waals surface area contributed by atoms with Crippen LogP contribution < -0.4 is 5.73 Å². The van der Waals surface area contributed by atoms with Crippen molar-refractivity contribution in [2.24, 2.45) is 7.05 Å². The van der Waals surface area contributed by atoms with E-state index < -0.39 is 0 Å². The number of aromatic amines is 1. The minimum Gasteiger partial charge on any atom is -0.396 e. The lowest BCUT2D eigenvalue weighted by Crippen LogP contribution is -2.34. The highest BCUT2D eigenvalue weighted by molar-refractivity contribution is 5.97. The van der Waals surface area contributed by atoms with Crippen molar-refractivity contribution in [1.29, 1.82) is 0 Å². The third-order valence-corrected chi connectivity index (χ3v) is 3.36. The molecule has 1 amide bonds. The van der Waals surface area contributed by atoms with E-state index in [0.29, 0.717) is 17.9 Å². The van der Waals surface area contributed by atoms with Crippen molar-refractivity contribution in [2.75, 3.05) is 5.73 Å². The summed E-state index contributed by atoms with van der Waals surface area (Å²) in [6.07, 6.45) is 7.12. The largest absolute Gasteiger partial charge is 0.396 e. The standard InChI is InChI=1S/C12H16N6O/c1-17-5-4-14-10(17)7-18(8-2-3-8)12(19)11-9(13)6-15-16-11/h4-6,8H,2-3,7,13H2,1H3,(H,15,16). The molecule has 19 heavy (non-hydrogen) atoms. The molecule has 2 aromatic heterocycles. The number of nitrogens with one attached hydrogen (secondary N) is 1. The predicted molar refractivity (Wildman–Crippen MR) is 69.1 cm³/mol. The molecule has 2 aromatic rings. The van der Waals surface area contributed by atoms with E-state index in [1.807, 2.05) is 22.7 Å². The average Bonchev–Trinajstić information content (AvgIpc) is 3.02. The van der Waals surface area contributed by atoms with Gasteiger partial charge in [0.2, 0.25) is 0 Å². The van der Waals surface area contributed by atoms with Crippen molar-refractivity contribution < 1.29 is 4.79 Å². The van der Waals surface area contributed by atoms with Gasteiger partial charge in [0.1, 0.15) is 11.5 Å². The fraction of sp³-hybridized carbons (Fsp3) is 0.417. The Hall–Kier alpha value is -2.31. The van der Waals surface area contributed by atoms with Crippen LogP contribution in [-0.2, 0) is 13.6 Å². The minimum absolute atomic E-state index is 0.111. The molecular weight excluding hydrogens is 244 g/mol. The number of carbonyl (C=O) groups is 1. The number of carbonyl (C=O) groups excluding carboxylic acids is 1. The van der Waals surface area contributed by atoms with Gasteiger partial charge in [-0.3, -0.25) is 9.89 Å². The van der Waals surface area contributed by atoms with Crippen LogP contribution >= 0.6 is 0 Å². The first-order valence-electron chi connectivity index (χ1n) is 6.23. The number of H-pyrrole nitrogens is 1. The number of aryl methyl sites for hydroxylation is 1. The van der Waals surface area contributed by atoms with Gasteiger partial charge in [-0.25, -0.2) is 4.98 Å². The minimum atomic E-state index is -0.111. The molecule has 1 fully saturated rings. The Bertz CT molecular complexity index is 597. The highest BCUT2D eigenvalue weighted by atomic mass is 16.2. The fourth-order valence-corrected chi connectivity index (χ4v) is 2.06. The lowest BCUT2D eigenvalue weighted by Gasteiger charge is -2.21. The van der Waals surface area contributed by atoms with Gasteiger partial charge in [0, 0.05) is 25.5 Å². The van der Waals surface area contributed by atoms with E-state index in [4.69, 9.17) is 5.73 Å². The van der Waals surface area contributed by atoms with Crippen LogP contribution in [0.4, 0.5) is 5.69 Å². The van der Waals surface area contributed by atoms with E-state index in [9.17, 15) is 4.79 Å². The van der Waals surface area contributed by atoms with Crippen molar-refractivity contribution in [3.8, 4) is 0 Å². The predicted octanol–water partition coefficient (Wildman–Crippen LogP) is 0.530. The molecule has 7 heteroatoms. The molecule has 1 aliphatic rings. The Morgan fingerprint density at radius 3 is 2.95 bits per heavy atom. The zero-order chi connectivity index (χ0) is 13.4. The molecule has 0 aliphatic heterocycles. The van der Waals surface area contributed by atoms with Crippen LogP contribution in [0, 0.1) is 0 Å². The molecule has 1 aliphatic carbocycles.